The molecule has 2 aliphatic rings. The van der Waals surface area contributed by atoms with Gasteiger partial charge in [0.25, 0.3) is 5.89 Å². The van der Waals surface area contributed by atoms with Gasteiger partial charge in [-0.3, -0.25) is 9.69 Å². The molecule has 1 amide bonds. The summed E-state index contributed by atoms with van der Waals surface area (Å²) in [6, 6.07) is 14.0. The van der Waals surface area contributed by atoms with E-state index in [4.69, 9.17) is 13.6 Å². The van der Waals surface area contributed by atoms with Gasteiger partial charge in [-0.1, -0.05) is 12.1 Å². The maximum absolute atomic E-state index is 13.0. The lowest BCUT2D eigenvalue weighted by molar-refractivity contribution is -0.126. The molecule has 2 fully saturated rings. The summed E-state index contributed by atoms with van der Waals surface area (Å²) in [7, 11) is 1.69. The molecule has 1 aromatic carbocycles. The number of hydrogen-bond acceptors (Lipinski definition) is 8. The van der Waals surface area contributed by atoms with E-state index in [1.165, 1.54) is 5.56 Å². The molecule has 0 unspecified atom stereocenters. The van der Waals surface area contributed by atoms with Gasteiger partial charge < -0.3 is 23.8 Å². The minimum absolute atomic E-state index is 0.0333. The van der Waals surface area contributed by atoms with Gasteiger partial charge in [0, 0.05) is 44.7 Å². The van der Waals surface area contributed by atoms with Crippen molar-refractivity contribution in [2.24, 2.45) is 5.92 Å². The zero-order valence-electron chi connectivity index (χ0n) is 20.5. The number of nitrogens with one attached hydrogen (secondary N) is 1. The van der Waals surface area contributed by atoms with E-state index in [2.05, 4.69) is 33.4 Å². The molecule has 0 radical (unpaired) electrons. The van der Waals surface area contributed by atoms with Crippen LogP contribution in [0.25, 0.3) is 11.7 Å². The maximum atomic E-state index is 13.0. The van der Waals surface area contributed by atoms with Crippen LogP contribution < -0.4 is 15.0 Å². The largest absolute Gasteiger partial charge is 0.497 e. The van der Waals surface area contributed by atoms with Crippen molar-refractivity contribution in [3.8, 4) is 23.5 Å². The van der Waals surface area contributed by atoms with Crippen LogP contribution in [0.5, 0.6) is 5.75 Å². The minimum Gasteiger partial charge on any atom is -0.497 e. The highest BCUT2D eigenvalue weighted by Crippen LogP contribution is 2.31. The average molecular weight is 490 g/mol. The van der Waals surface area contributed by atoms with E-state index in [1.807, 2.05) is 17.0 Å². The van der Waals surface area contributed by atoms with E-state index in [1.54, 1.807) is 25.5 Å². The van der Waals surface area contributed by atoms with Crippen molar-refractivity contribution in [3.63, 3.8) is 0 Å². The smallest absolute Gasteiger partial charge is 0.266 e. The molecule has 9 heteroatoms. The molecule has 36 heavy (non-hydrogen) atoms. The van der Waals surface area contributed by atoms with Crippen molar-refractivity contribution in [1.82, 2.24) is 15.2 Å². The molecule has 0 spiro atoms. The van der Waals surface area contributed by atoms with E-state index in [0.717, 1.165) is 38.2 Å². The standard InChI is InChI=1S/C27H31N5O4/c1-34-22-5-2-4-19(16-22)18-31-11-9-21(10-12-31)29-25(33)20-7-13-32(14-8-20)27-23(17-28)30-26(36-27)24-6-3-15-35-24/h2-6,15-16,20-21H,7-14,18H2,1H3,(H,29,33). The molecule has 2 aliphatic heterocycles. The number of ether oxygens (including phenoxy) is 1. The second-order valence-electron chi connectivity index (χ2n) is 9.43. The highest BCUT2D eigenvalue weighted by molar-refractivity contribution is 5.79. The molecule has 2 saturated heterocycles. The minimum atomic E-state index is -0.0333. The second kappa shape index (κ2) is 10.9. The Labute approximate surface area is 210 Å². The zero-order valence-corrected chi connectivity index (χ0v) is 20.5. The first-order valence-electron chi connectivity index (χ1n) is 12.5. The van der Waals surface area contributed by atoms with Crippen LogP contribution in [0.2, 0.25) is 0 Å². The molecular formula is C27H31N5O4. The molecule has 1 N–H and O–H groups in total. The highest BCUT2D eigenvalue weighted by Gasteiger charge is 2.31. The Bertz CT molecular complexity index is 1200. The molecule has 4 heterocycles. The fourth-order valence-corrected chi connectivity index (χ4v) is 5.03. The second-order valence-corrected chi connectivity index (χ2v) is 9.43. The molecule has 0 aliphatic carbocycles. The van der Waals surface area contributed by atoms with E-state index in [-0.39, 0.29) is 23.6 Å². The molecule has 3 aromatic rings. The van der Waals surface area contributed by atoms with Gasteiger partial charge in [0.15, 0.2) is 5.76 Å². The molecule has 0 saturated carbocycles. The number of nitrogens with zero attached hydrogens (tertiary/aromatic N) is 4. The van der Waals surface area contributed by atoms with Crippen molar-refractivity contribution < 1.29 is 18.4 Å². The van der Waals surface area contributed by atoms with Crippen molar-refractivity contribution in [2.45, 2.75) is 38.3 Å². The van der Waals surface area contributed by atoms with Gasteiger partial charge in [-0.2, -0.15) is 10.2 Å². The number of anilines is 1. The quantitative estimate of drug-likeness (QED) is 0.534. The average Bonchev–Trinajstić information content (AvgIpc) is 3.60. The Morgan fingerprint density at radius 2 is 1.97 bits per heavy atom. The number of oxazole rings is 1. The van der Waals surface area contributed by atoms with Gasteiger partial charge in [-0.05, 0) is 55.5 Å². The number of benzene rings is 1. The lowest BCUT2D eigenvalue weighted by atomic mass is 9.94. The SMILES string of the molecule is COc1cccc(CN2CCC(NC(=O)C3CCN(c4oc(-c5ccco5)nc4C#N)CC3)CC2)c1. The first-order valence-corrected chi connectivity index (χ1v) is 12.5. The van der Waals surface area contributed by atoms with Gasteiger partial charge in [0.2, 0.25) is 17.5 Å². The lowest BCUT2D eigenvalue weighted by Gasteiger charge is -2.35. The predicted octanol–water partition coefficient (Wildman–Crippen LogP) is 3.81. The van der Waals surface area contributed by atoms with Crippen LogP contribution in [-0.2, 0) is 11.3 Å². The van der Waals surface area contributed by atoms with Crippen LogP contribution in [0.15, 0.2) is 51.5 Å². The maximum Gasteiger partial charge on any atom is 0.266 e. The third-order valence-electron chi connectivity index (χ3n) is 7.07. The van der Waals surface area contributed by atoms with Crippen LogP contribution in [0, 0.1) is 17.2 Å². The zero-order chi connectivity index (χ0) is 24.9. The Kier molecular flexibility index (Phi) is 7.23. The number of carbonyl (C=O) groups is 1. The third kappa shape index (κ3) is 5.39. The number of piperidine rings is 2. The number of methoxy groups -OCH3 is 1. The number of aromatic nitrogens is 1. The Morgan fingerprint density at radius 1 is 1.17 bits per heavy atom. The Morgan fingerprint density at radius 3 is 2.67 bits per heavy atom. The number of carbonyl (C=O) groups excluding carboxylic acids is 1. The highest BCUT2D eigenvalue weighted by atomic mass is 16.5. The van der Waals surface area contributed by atoms with Crippen LogP contribution >= 0.6 is 0 Å². The lowest BCUT2D eigenvalue weighted by Crippen LogP contribution is -2.48. The van der Waals surface area contributed by atoms with Crippen molar-refractivity contribution in [2.75, 3.05) is 38.2 Å². The van der Waals surface area contributed by atoms with Crippen molar-refractivity contribution in [1.29, 1.82) is 5.26 Å². The van der Waals surface area contributed by atoms with Gasteiger partial charge in [0.05, 0.1) is 13.4 Å². The molecule has 188 valence electrons. The monoisotopic (exact) mass is 489 g/mol. The van der Waals surface area contributed by atoms with Gasteiger partial charge >= 0.3 is 0 Å². The summed E-state index contributed by atoms with van der Waals surface area (Å²) < 4.78 is 16.5. The Balaban J connectivity index is 1.09. The summed E-state index contributed by atoms with van der Waals surface area (Å²) in [4.78, 5) is 21.7. The number of furan rings is 1. The van der Waals surface area contributed by atoms with Crippen LogP contribution in [0.3, 0.4) is 0 Å². The molecule has 0 atom stereocenters. The van der Waals surface area contributed by atoms with Gasteiger partial charge in [-0.25, -0.2) is 0 Å². The number of rotatable bonds is 7. The summed E-state index contributed by atoms with van der Waals surface area (Å²) in [6.07, 6.45) is 4.87. The van der Waals surface area contributed by atoms with Crippen molar-refractivity contribution in [3.05, 3.63) is 53.9 Å². The van der Waals surface area contributed by atoms with Gasteiger partial charge in [-0.15, -0.1) is 0 Å². The van der Waals surface area contributed by atoms with Crippen molar-refractivity contribution >= 4 is 11.8 Å². The summed E-state index contributed by atoms with van der Waals surface area (Å²) in [5.74, 6) is 2.21. The molecule has 9 nitrogen and oxygen atoms in total. The van der Waals surface area contributed by atoms with E-state index in [0.29, 0.717) is 43.5 Å². The first-order chi connectivity index (χ1) is 17.6. The molecular weight excluding hydrogens is 458 g/mol. The number of amides is 1. The summed E-state index contributed by atoms with van der Waals surface area (Å²) >= 11 is 0. The Hall–Kier alpha value is -3.77. The fraction of sp³-hybridized carbons (Fsp3) is 0.444. The van der Waals surface area contributed by atoms with Crippen LogP contribution in [-0.4, -0.2) is 55.1 Å². The van der Waals surface area contributed by atoms with E-state index in [9.17, 15) is 10.1 Å². The van der Waals surface area contributed by atoms with Crippen LogP contribution in [0.1, 0.15) is 36.9 Å². The number of nitriles is 1. The normalized spacial score (nSPS) is 17.6. The summed E-state index contributed by atoms with van der Waals surface area (Å²) in [5, 5.41) is 12.8. The molecule has 0 bridgehead atoms. The number of hydrogen-bond donors (Lipinski definition) is 1. The van der Waals surface area contributed by atoms with Crippen LogP contribution in [0.4, 0.5) is 5.88 Å². The fourth-order valence-electron chi connectivity index (χ4n) is 5.03. The van der Waals surface area contributed by atoms with E-state index >= 15 is 0 Å². The van der Waals surface area contributed by atoms with Gasteiger partial charge in [0.1, 0.15) is 11.8 Å². The first kappa shape index (κ1) is 23.9. The molecule has 2 aromatic heterocycles. The predicted molar refractivity (Wildman–Crippen MR) is 133 cm³/mol. The van der Waals surface area contributed by atoms with E-state index < -0.39 is 0 Å². The number of likely N-dealkylation sites (tertiary alicyclic amines) is 1. The summed E-state index contributed by atoms with van der Waals surface area (Å²) in [6.45, 7) is 4.09. The molecule has 5 rings (SSSR count). The topological polar surface area (TPSA) is 108 Å². The summed E-state index contributed by atoms with van der Waals surface area (Å²) in [5.41, 5.74) is 1.48. The third-order valence-corrected chi connectivity index (χ3v) is 7.07.